The van der Waals surface area contributed by atoms with Crippen molar-refractivity contribution >= 4 is 40.9 Å². The fraction of sp³-hybridized carbons (Fsp3) is 0.900. The third-order valence-corrected chi connectivity index (χ3v) is 2.48. The maximum absolute atomic E-state index is 4.56. The van der Waals surface area contributed by atoms with Crippen molar-refractivity contribution in [1.82, 2.24) is 5.32 Å². The third kappa shape index (κ3) is 6.92. The fourth-order valence-corrected chi connectivity index (χ4v) is 1.60. The monoisotopic (exact) mass is 328 g/mol. The molecule has 0 atom stereocenters. The highest BCUT2D eigenvalue weighted by Crippen LogP contribution is 2.29. The van der Waals surface area contributed by atoms with E-state index in [1.165, 1.54) is 12.8 Å². The Balaban J connectivity index is 0.00000169. The van der Waals surface area contributed by atoms with Gasteiger partial charge in [0.25, 0.3) is 0 Å². The normalized spacial score (nSPS) is 17.6. The SMILES string of the molecule is CSC(=NCC1CC1)NC(C)(C)C.I. The number of halogens is 1. The molecule has 0 spiro atoms. The van der Waals surface area contributed by atoms with Crippen LogP contribution in [0.1, 0.15) is 33.6 Å². The third-order valence-electron chi connectivity index (χ3n) is 1.87. The van der Waals surface area contributed by atoms with Crippen molar-refractivity contribution in [3.8, 4) is 0 Å². The summed E-state index contributed by atoms with van der Waals surface area (Å²) in [6, 6.07) is 0. The molecule has 1 N–H and O–H groups in total. The summed E-state index contributed by atoms with van der Waals surface area (Å²) in [5.74, 6) is 0.879. The molecular weight excluding hydrogens is 307 g/mol. The summed E-state index contributed by atoms with van der Waals surface area (Å²) in [4.78, 5) is 4.56. The van der Waals surface area contributed by atoms with E-state index < -0.39 is 0 Å². The highest BCUT2D eigenvalue weighted by molar-refractivity contribution is 14.0. The second-order valence-corrected chi connectivity index (χ2v) is 5.46. The van der Waals surface area contributed by atoms with Crippen LogP contribution in [0.4, 0.5) is 0 Å². The smallest absolute Gasteiger partial charge is 0.156 e. The lowest BCUT2D eigenvalue weighted by molar-refractivity contribution is 0.514. The number of thioether (sulfide) groups is 1. The van der Waals surface area contributed by atoms with Crippen LogP contribution < -0.4 is 5.32 Å². The first-order chi connectivity index (χ1) is 6.01. The van der Waals surface area contributed by atoms with Gasteiger partial charge in [-0.3, -0.25) is 4.99 Å². The van der Waals surface area contributed by atoms with Crippen LogP contribution in [-0.4, -0.2) is 23.5 Å². The van der Waals surface area contributed by atoms with Crippen molar-refractivity contribution < 1.29 is 0 Å². The molecule has 14 heavy (non-hydrogen) atoms. The molecule has 0 aromatic carbocycles. The van der Waals surface area contributed by atoms with Crippen LogP contribution in [0.15, 0.2) is 4.99 Å². The van der Waals surface area contributed by atoms with Crippen LogP contribution in [0, 0.1) is 5.92 Å². The number of hydrogen-bond donors (Lipinski definition) is 1. The van der Waals surface area contributed by atoms with Gasteiger partial charge in [-0.2, -0.15) is 0 Å². The topological polar surface area (TPSA) is 24.4 Å². The summed E-state index contributed by atoms with van der Waals surface area (Å²) in [6.07, 6.45) is 4.83. The Morgan fingerprint density at radius 1 is 1.43 bits per heavy atom. The highest BCUT2D eigenvalue weighted by atomic mass is 127. The van der Waals surface area contributed by atoms with E-state index in [0.717, 1.165) is 17.6 Å². The zero-order valence-corrected chi connectivity index (χ0v) is 12.6. The van der Waals surface area contributed by atoms with Gasteiger partial charge in [-0.25, -0.2) is 0 Å². The van der Waals surface area contributed by atoms with Gasteiger partial charge in [0.2, 0.25) is 0 Å². The van der Waals surface area contributed by atoms with Gasteiger partial charge >= 0.3 is 0 Å². The lowest BCUT2D eigenvalue weighted by Gasteiger charge is -2.22. The van der Waals surface area contributed by atoms with Crippen LogP contribution in [0.2, 0.25) is 0 Å². The minimum Gasteiger partial charge on any atom is -0.360 e. The molecule has 2 nitrogen and oxygen atoms in total. The Morgan fingerprint density at radius 2 is 2.00 bits per heavy atom. The zero-order valence-electron chi connectivity index (χ0n) is 9.46. The van der Waals surface area contributed by atoms with E-state index in [1.54, 1.807) is 11.8 Å². The number of rotatable bonds is 2. The number of aliphatic imine (C=N–C) groups is 1. The average Bonchev–Trinajstić information content (AvgIpc) is 2.78. The Labute approximate surface area is 109 Å². The van der Waals surface area contributed by atoms with E-state index in [4.69, 9.17) is 0 Å². The van der Waals surface area contributed by atoms with E-state index >= 15 is 0 Å². The van der Waals surface area contributed by atoms with Crippen molar-refractivity contribution in [2.24, 2.45) is 10.9 Å². The molecule has 4 heteroatoms. The van der Waals surface area contributed by atoms with E-state index in [1.807, 2.05) is 0 Å². The van der Waals surface area contributed by atoms with Crippen molar-refractivity contribution in [2.75, 3.05) is 12.8 Å². The lowest BCUT2D eigenvalue weighted by atomic mass is 10.1. The number of nitrogens with zero attached hydrogens (tertiary/aromatic N) is 1. The zero-order chi connectivity index (χ0) is 9.90. The first-order valence-corrected chi connectivity index (χ1v) is 6.10. The van der Waals surface area contributed by atoms with Gasteiger partial charge in [-0.1, -0.05) is 11.8 Å². The molecule has 1 aliphatic carbocycles. The molecule has 0 radical (unpaired) electrons. The molecule has 0 bridgehead atoms. The first-order valence-electron chi connectivity index (χ1n) is 4.88. The predicted octanol–water partition coefficient (Wildman–Crippen LogP) is 3.12. The van der Waals surface area contributed by atoms with E-state index in [9.17, 15) is 0 Å². The second kappa shape index (κ2) is 6.20. The van der Waals surface area contributed by atoms with Gasteiger partial charge in [0.1, 0.15) is 0 Å². The Bertz CT molecular complexity index is 195. The molecule has 0 unspecified atom stereocenters. The van der Waals surface area contributed by atoms with E-state index in [-0.39, 0.29) is 29.5 Å². The lowest BCUT2D eigenvalue weighted by Crippen LogP contribution is -2.39. The van der Waals surface area contributed by atoms with Gasteiger partial charge < -0.3 is 5.32 Å². The summed E-state index contributed by atoms with van der Waals surface area (Å²) in [5, 5.41) is 4.48. The number of nitrogens with one attached hydrogen (secondary N) is 1. The fourth-order valence-electron chi connectivity index (χ4n) is 0.988. The summed E-state index contributed by atoms with van der Waals surface area (Å²) < 4.78 is 0. The standard InChI is InChI=1S/C10H20N2S.HI/c1-10(2,3)12-9(13-4)11-7-8-5-6-8;/h8H,5-7H2,1-4H3,(H,11,12);1H. The quantitative estimate of drug-likeness (QED) is 0.478. The molecule has 0 aliphatic heterocycles. The summed E-state index contributed by atoms with van der Waals surface area (Å²) in [6.45, 7) is 7.50. The average molecular weight is 328 g/mol. The first kappa shape index (κ1) is 14.6. The molecule has 1 fully saturated rings. The Morgan fingerprint density at radius 3 is 2.36 bits per heavy atom. The van der Waals surface area contributed by atoms with Crippen LogP contribution >= 0.6 is 35.7 Å². The molecule has 0 saturated heterocycles. The molecule has 0 aromatic rings. The van der Waals surface area contributed by atoms with E-state index in [0.29, 0.717) is 0 Å². The minimum absolute atomic E-state index is 0. The largest absolute Gasteiger partial charge is 0.360 e. The molecule has 1 rings (SSSR count). The summed E-state index contributed by atoms with van der Waals surface area (Å²) in [5.41, 5.74) is 0.130. The minimum atomic E-state index is 0. The van der Waals surface area contributed by atoms with Gasteiger partial charge in [0.05, 0.1) is 0 Å². The molecule has 1 saturated carbocycles. The second-order valence-electron chi connectivity index (χ2n) is 4.67. The van der Waals surface area contributed by atoms with E-state index in [2.05, 4.69) is 37.3 Å². The number of hydrogen-bond acceptors (Lipinski definition) is 2. The molecular formula is C10H21IN2S. The van der Waals surface area contributed by atoms with Crippen molar-refractivity contribution in [2.45, 2.75) is 39.2 Å². The van der Waals surface area contributed by atoms with Gasteiger partial charge in [0.15, 0.2) is 5.17 Å². The van der Waals surface area contributed by atoms with Crippen LogP contribution in [-0.2, 0) is 0 Å². The molecule has 0 amide bonds. The maximum Gasteiger partial charge on any atom is 0.156 e. The van der Waals surface area contributed by atoms with Crippen LogP contribution in [0.5, 0.6) is 0 Å². The Hall–Kier alpha value is 0.550. The van der Waals surface area contributed by atoms with Crippen LogP contribution in [0.25, 0.3) is 0 Å². The number of amidine groups is 1. The predicted molar refractivity (Wildman–Crippen MR) is 76.8 cm³/mol. The molecule has 1 aliphatic rings. The van der Waals surface area contributed by atoms with Crippen LogP contribution in [0.3, 0.4) is 0 Å². The molecule has 84 valence electrons. The van der Waals surface area contributed by atoms with Gasteiger partial charge in [-0.05, 0) is 45.8 Å². The maximum atomic E-state index is 4.56. The summed E-state index contributed by atoms with van der Waals surface area (Å²) >= 11 is 1.71. The molecule has 0 aromatic heterocycles. The van der Waals surface area contributed by atoms with Crippen molar-refractivity contribution in [1.29, 1.82) is 0 Å². The van der Waals surface area contributed by atoms with Crippen molar-refractivity contribution in [3.05, 3.63) is 0 Å². The van der Waals surface area contributed by atoms with Gasteiger partial charge in [0, 0.05) is 12.1 Å². The summed E-state index contributed by atoms with van der Waals surface area (Å²) in [7, 11) is 0. The van der Waals surface area contributed by atoms with Crippen molar-refractivity contribution in [3.63, 3.8) is 0 Å². The molecule has 0 heterocycles. The highest BCUT2D eigenvalue weighted by Gasteiger charge is 2.21. The van der Waals surface area contributed by atoms with Gasteiger partial charge in [-0.15, -0.1) is 24.0 Å². The Kier molecular flexibility index (Phi) is 6.45.